The minimum Gasteiger partial charge on any atom is -0.489 e. The van der Waals surface area contributed by atoms with E-state index >= 15 is 4.39 Å². The van der Waals surface area contributed by atoms with E-state index < -0.39 is 23.7 Å². The molecular formula is C24H28FNO4. The van der Waals surface area contributed by atoms with Gasteiger partial charge in [0.2, 0.25) is 0 Å². The molecule has 6 aliphatic rings. The molecule has 1 aromatic carbocycles. The average Bonchev–Trinajstić information content (AvgIpc) is 3.29. The van der Waals surface area contributed by atoms with Crippen LogP contribution in [0.4, 0.5) is 4.39 Å². The van der Waals surface area contributed by atoms with E-state index in [1.54, 1.807) is 6.07 Å². The summed E-state index contributed by atoms with van der Waals surface area (Å²) < 4.78 is 21.6. The fraction of sp³-hybridized carbons (Fsp3) is 0.667. The average molecular weight is 413 g/mol. The van der Waals surface area contributed by atoms with E-state index in [9.17, 15) is 14.7 Å². The lowest BCUT2D eigenvalue weighted by atomic mass is 9.80. The Bertz CT molecular complexity index is 909. The molecule has 0 spiro atoms. The number of rotatable bonds is 5. The Morgan fingerprint density at radius 2 is 1.87 bits per heavy atom. The van der Waals surface area contributed by atoms with Gasteiger partial charge in [-0.15, -0.1) is 0 Å². The Morgan fingerprint density at radius 1 is 1.07 bits per heavy atom. The molecule has 6 heteroatoms. The molecule has 6 fully saturated rings. The molecule has 5 unspecified atom stereocenters. The number of ether oxygens (including phenoxy) is 1. The number of carboxylic acid groups (broad SMARTS) is 1. The summed E-state index contributed by atoms with van der Waals surface area (Å²) in [7, 11) is 0. The van der Waals surface area contributed by atoms with Crippen molar-refractivity contribution in [3.8, 4) is 5.75 Å². The Hall–Kier alpha value is -2.11. The molecule has 5 saturated carbocycles. The molecular weight excluding hydrogens is 385 g/mol. The van der Waals surface area contributed by atoms with E-state index in [0.29, 0.717) is 42.9 Å². The standard InChI is InChI=1S/C24H28FNO4/c25-19-11-21(30-22-15-7-12-6-14(9-15)17(22)8-12)16(13-3-4-13)10-18(19)23(27)26-5-1-2-20(26)24(28)29/h10-15,17,20,22H,1-9H2,(H,28,29)/t12?,14?,15?,17?,20-,22?/m0/s1. The number of carbonyl (C=O) groups is 2. The molecule has 1 heterocycles. The second-order valence-electron chi connectivity index (χ2n) is 10.2. The van der Waals surface area contributed by atoms with Gasteiger partial charge in [0.05, 0.1) is 5.56 Å². The molecule has 1 aromatic rings. The van der Waals surface area contributed by atoms with Crippen LogP contribution in [0.15, 0.2) is 12.1 Å². The summed E-state index contributed by atoms with van der Waals surface area (Å²) in [5.74, 6) is 1.63. The highest BCUT2D eigenvalue weighted by Crippen LogP contribution is 2.59. The van der Waals surface area contributed by atoms with Crippen molar-refractivity contribution >= 4 is 11.9 Å². The molecule has 5 aliphatic carbocycles. The van der Waals surface area contributed by atoms with Crippen molar-refractivity contribution in [3.05, 3.63) is 29.1 Å². The van der Waals surface area contributed by atoms with Crippen LogP contribution in [0.1, 0.15) is 73.2 Å². The number of amides is 1. The molecule has 5 nitrogen and oxygen atoms in total. The van der Waals surface area contributed by atoms with Gasteiger partial charge in [-0.25, -0.2) is 9.18 Å². The normalized spacial score (nSPS) is 36.5. The highest BCUT2D eigenvalue weighted by atomic mass is 19.1. The van der Waals surface area contributed by atoms with Crippen molar-refractivity contribution in [1.29, 1.82) is 0 Å². The SMILES string of the molecule is O=C(O)[C@@H]1CCCN1C(=O)c1cc(C2CC2)c(OC2C3CC4CC(C3)C2C4)cc1F. The number of hydrogen-bond acceptors (Lipinski definition) is 3. The number of nitrogens with zero attached hydrogens (tertiary/aromatic N) is 1. The molecule has 1 N–H and O–H groups in total. The number of hydrogen-bond donors (Lipinski definition) is 1. The van der Waals surface area contributed by atoms with E-state index in [4.69, 9.17) is 4.74 Å². The van der Waals surface area contributed by atoms with Crippen molar-refractivity contribution in [2.75, 3.05) is 6.54 Å². The summed E-state index contributed by atoms with van der Waals surface area (Å²) in [6, 6.07) is 2.21. The minimum absolute atomic E-state index is 0.00808. The van der Waals surface area contributed by atoms with E-state index in [-0.39, 0.29) is 11.7 Å². The fourth-order valence-corrected chi connectivity index (χ4v) is 6.98. The van der Waals surface area contributed by atoms with Crippen LogP contribution in [0.5, 0.6) is 5.75 Å². The van der Waals surface area contributed by atoms with Gasteiger partial charge in [-0.3, -0.25) is 4.79 Å². The molecule has 1 amide bonds. The van der Waals surface area contributed by atoms with Crippen LogP contribution in [-0.4, -0.2) is 40.6 Å². The van der Waals surface area contributed by atoms with Crippen molar-refractivity contribution < 1.29 is 23.8 Å². The third-order valence-corrected chi connectivity index (χ3v) is 8.38. The van der Waals surface area contributed by atoms with Crippen LogP contribution in [0.2, 0.25) is 0 Å². The number of carbonyl (C=O) groups excluding carboxylic acids is 1. The van der Waals surface area contributed by atoms with E-state index in [0.717, 1.165) is 30.2 Å². The molecule has 1 aliphatic heterocycles. The molecule has 1 saturated heterocycles. The van der Waals surface area contributed by atoms with Crippen molar-refractivity contribution in [1.82, 2.24) is 4.90 Å². The fourth-order valence-electron chi connectivity index (χ4n) is 6.98. The van der Waals surface area contributed by atoms with Crippen LogP contribution in [0.25, 0.3) is 0 Å². The molecule has 7 rings (SSSR count). The predicted octanol–water partition coefficient (Wildman–Crippen LogP) is 4.21. The van der Waals surface area contributed by atoms with Gasteiger partial charge < -0.3 is 14.7 Å². The summed E-state index contributed by atoms with van der Waals surface area (Å²) >= 11 is 0. The van der Waals surface area contributed by atoms with Crippen molar-refractivity contribution in [2.45, 2.75) is 69.4 Å². The highest BCUT2D eigenvalue weighted by Gasteiger charge is 2.55. The Labute approximate surface area is 175 Å². The second kappa shape index (κ2) is 6.69. The van der Waals surface area contributed by atoms with Gasteiger partial charge in [-0.2, -0.15) is 0 Å². The number of benzene rings is 1. The zero-order valence-corrected chi connectivity index (χ0v) is 17.1. The number of carboxylic acids is 1. The number of halogens is 1. The van der Waals surface area contributed by atoms with Gasteiger partial charge in [-0.1, -0.05) is 0 Å². The maximum Gasteiger partial charge on any atom is 0.326 e. The minimum atomic E-state index is -1.02. The predicted molar refractivity (Wildman–Crippen MR) is 107 cm³/mol. The van der Waals surface area contributed by atoms with Gasteiger partial charge in [0.15, 0.2) is 0 Å². The number of likely N-dealkylation sites (tertiary alicyclic amines) is 1. The number of aliphatic carboxylic acids is 1. The lowest BCUT2D eigenvalue weighted by Crippen LogP contribution is -2.40. The first-order valence-corrected chi connectivity index (χ1v) is 11.5. The maximum absolute atomic E-state index is 15.1. The third kappa shape index (κ3) is 2.86. The lowest BCUT2D eigenvalue weighted by Gasteiger charge is -2.33. The maximum atomic E-state index is 15.1. The monoisotopic (exact) mass is 413 g/mol. The molecule has 0 radical (unpaired) electrons. The topological polar surface area (TPSA) is 66.8 Å². The van der Waals surface area contributed by atoms with E-state index in [2.05, 4.69) is 0 Å². The first kappa shape index (κ1) is 18.6. The summed E-state index contributed by atoms with van der Waals surface area (Å²) in [6.07, 6.45) is 8.35. The van der Waals surface area contributed by atoms with Gasteiger partial charge in [0.1, 0.15) is 23.7 Å². The quantitative estimate of drug-likeness (QED) is 0.785. The summed E-state index contributed by atoms with van der Waals surface area (Å²) in [5.41, 5.74) is 0.925. The Balaban J connectivity index is 1.30. The van der Waals surface area contributed by atoms with Crippen LogP contribution in [0, 0.1) is 29.5 Å². The van der Waals surface area contributed by atoms with E-state index in [1.165, 1.54) is 36.6 Å². The first-order chi connectivity index (χ1) is 14.5. The molecule has 30 heavy (non-hydrogen) atoms. The van der Waals surface area contributed by atoms with Crippen LogP contribution < -0.4 is 4.74 Å². The largest absolute Gasteiger partial charge is 0.489 e. The van der Waals surface area contributed by atoms with Gasteiger partial charge in [-0.05, 0) is 92.6 Å². The lowest BCUT2D eigenvalue weighted by molar-refractivity contribution is -0.141. The molecule has 4 bridgehead atoms. The molecule has 6 atom stereocenters. The Morgan fingerprint density at radius 3 is 2.60 bits per heavy atom. The second-order valence-corrected chi connectivity index (χ2v) is 10.2. The molecule has 0 aromatic heterocycles. The van der Waals surface area contributed by atoms with Gasteiger partial charge >= 0.3 is 5.97 Å². The van der Waals surface area contributed by atoms with Crippen molar-refractivity contribution in [3.63, 3.8) is 0 Å². The summed E-state index contributed by atoms with van der Waals surface area (Å²) in [6.45, 7) is 0.361. The first-order valence-electron chi connectivity index (χ1n) is 11.5. The highest BCUT2D eigenvalue weighted by molar-refractivity contribution is 5.97. The zero-order chi connectivity index (χ0) is 20.6. The van der Waals surface area contributed by atoms with Gasteiger partial charge in [0, 0.05) is 12.6 Å². The van der Waals surface area contributed by atoms with Gasteiger partial charge in [0.25, 0.3) is 5.91 Å². The van der Waals surface area contributed by atoms with Crippen molar-refractivity contribution in [2.24, 2.45) is 23.7 Å². The zero-order valence-electron chi connectivity index (χ0n) is 17.1. The summed E-state index contributed by atoms with van der Waals surface area (Å²) in [4.78, 5) is 25.8. The third-order valence-electron chi connectivity index (χ3n) is 8.38. The van der Waals surface area contributed by atoms with Crippen LogP contribution >= 0.6 is 0 Å². The van der Waals surface area contributed by atoms with Crippen LogP contribution in [-0.2, 0) is 4.79 Å². The summed E-state index contributed by atoms with van der Waals surface area (Å²) in [5, 5.41) is 9.40. The molecule has 160 valence electrons. The van der Waals surface area contributed by atoms with Crippen LogP contribution in [0.3, 0.4) is 0 Å². The Kier molecular flexibility index (Phi) is 4.16. The smallest absolute Gasteiger partial charge is 0.326 e. The van der Waals surface area contributed by atoms with E-state index in [1.807, 2.05) is 0 Å².